The predicted octanol–water partition coefficient (Wildman–Crippen LogP) is 2.28. The van der Waals surface area contributed by atoms with Crippen molar-refractivity contribution in [1.82, 2.24) is 4.72 Å². The van der Waals surface area contributed by atoms with Gasteiger partial charge in [0.2, 0.25) is 16.8 Å². The van der Waals surface area contributed by atoms with Gasteiger partial charge in [0.15, 0.2) is 23.9 Å². The molecule has 1 N–H and O–H groups in total. The van der Waals surface area contributed by atoms with E-state index in [0.717, 1.165) is 12.1 Å². The van der Waals surface area contributed by atoms with Crippen molar-refractivity contribution >= 4 is 21.8 Å². The number of halogens is 1. The van der Waals surface area contributed by atoms with Crippen LogP contribution in [0.3, 0.4) is 0 Å². The minimum atomic E-state index is -4.32. The van der Waals surface area contributed by atoms with Crippen molar-refractivity contribution in [1.29, 1.82) is 0 Å². The summed E-state index contributed by atoms with van der Waals surface area (Å²) in [7, 11) is -4.32. The van der Waals surface area contributed by atoms with Crippen LogP contribution in [0.2, 0.25) is 0 Å². The molecular weight excluding hydrogens is 417 g/mol. The molecule has 1 aliphatic heterocycles. The van der Waals surface area contributed by atoms with Gasteiger partial charge in [0.05, 0.1) is 0 Å². The van der Waals surface area contributed by atoms with Gasteiger partial charge in [0, 0.05) is 5.56 Å². The molecule has 3 rings (SSSR count). The number of Topliss-reactive ketones (excluding diaryl/α,β-unsaturated/α-hetero) is 1. The highest BCUT2D eigenvalue weighted by Gasteiger charge is 2.31. The number of hydrogen-bond donors (Lipinski definition) is 1. The summed E-state index contributed by atoms with van der Waals surface area (Å²) in [5, 5.41) is 0. The molecule has 0 amide bonds. The fourth-order valence-electron chi connectivity index (χ4n) is 2.73. The van der Waals surface area contributed by atoms with Crippen LogP contribution in [-0.4, -0.2) is 39.6 Å². The van der Waals surface area contributed by atoms with Crippen molar-refractivity contribution in [3.8, 4) is 11.5 Å². The molecular formula is C20H20FNO7S. The van der Waals surface area contributed by atoms with Gasteiger partial charge in [0.1, 0.15) is 16.8 Å². The predicted molar refractivity (Wildman–Crippen MR) is 103 cm³/mol. The van der Waals surface area contributed by atoms with Gasteiger partial charge in [-0.15, -0.1) is 0 Å². The molecule has 1 unspecified atom stereocenters. The van der Waals surface area contributed by atoms with Crippen LogP contribution in [0.15, 0.2) is 47.4 Å². The number of esters is 1. The van der Waals surface area contributed by atoms with Crippen LogP contribution >= 0.6 is 0 Å². The number of carbonyl (C=O) groups is 2. The van der Waals surface area contributed by atoms with Crippen LogP contribution < -0.4 is 14.2 Å². The largest absolute Gasteiger partial charge is 0.456 e. The normalized spacial score (nSPS) is 13.9. The van der Waals surface area contributed by atoms with E-state index in [2.05, 4.69) is 4.72 Å². The standard InChI is InChI=1S/C20H20FNO7S/c1-12(2)19(22-30(25,26)18-6-4-3-5-14(18)21)20(24)27-10-15(23)13-7-8-16-17(9-13)29-11-28-16/h3-9,12,19,22H,10-11H2,1-2H3. The maximum absolute atomic E-state index is 13.9. The Kier molecular flexibility index (Phi) is 6.37. The van der Waals surface area contributed by atoms with Gasteiger partial charge < -0.3 is 14.2 Å². The molecule has 0 radical (unpaired) electrons. The molecule has 0 fully saturated rings. The number of sulfonamides is 1. The highest BCUT2D eigenvalue weighted by atomic mass is 32.2. The van der Waals surface area contributed by atoms with E-state index in [-0.39, 0.29) is 12.4 Å². The Morgan fingerprint density at radius 1 is 1.13 bits per heavy atom. The number of benzene rings is 2. The lowest BCUT2D eigenvalue weighted by molar-refractivity contribution is -0.145. The lowest BCUT2D eigenvalue weighted by Gasteiger charge is -2.20. The molecule has 0 aliphatic carbocycles. The van der Waals surface area contributed by atoms with E-state index < -0.39 is 51.1 Å². The van der Waals surface area contributed by atoms with E-state index in [0.29, 0.717) is 11.5 Å². The third-order valence-electron chi connectivity index (χ3n) is 4.37. The molecule has 10 heteroatoms. The van der Waals surface area contributed by atoms with E-state index in [4.69, 9.17) is 14.2 Å². The van der Waals surface area contributed by atoms with Crippen molar-refractivity contribution in [2.75, 3.05) is 13.4 Å². The van der Waals surface area contributed by atoms with Crippen molar-refractivity contribution in [2.24, 2.45) is 5.92 Å². The Labute approximate surface area is 173 Å². The molecule has 0 spiro atoms. The molecule has 8 nitrogen and oxygen atoms in total. The van der Waals surface area contributed by atoms with Crippen LogP contribution in [-0.2, 0) is 19.6 Å². The molecule has 0 aromatic heterocycles. The fourth-order valence-corrected chi connectivity index (χ4v) is 4.14. The second-order valence-electron chi connectivity index (χ2n) is 6.87. The molecule has 0 bridgehead atoms. The van der Waals surface area contributed by atoms with Gasteiger partial charge in [-0.3, -0.25) is 9.59 Å². The van der Waals surface area contributed by atoms with Gasteiger partial charge in [-0.05, 0) is 36.2 Å². The van der Waals surface area contributed by atoms with Crippen LogP contribution in [0.4, 0.5) is 4.39 Å². The van der Waals surface area contributed by atoms with Gasteiger partial charge in [0.25, 0.3) is 0 Å². The number of rotatable bonds is 8. The van der Waals surface area contributed by atoms with Gasteiger partial charge in [-0.1, -0.05) is 26.0 Å². The lowest BCUT2D eigenvalue weighted by Crippen LogP contribution is -2.45. The quantitative estimate of drug-likeness (QED) is 0.499. The van der Waals surface area contributed by atoms with Gasteiger partial charge >= 0.3 is 5.97 Å². The van der Waals surface area contributed by atoms with Gasteiger partial charge in [-0.2, -0.15) is 4.72 Å². The van der Waals surface area contributed by atoms with Crippen LogP contribution in [0.1, 0.15) is 24.2 Å². The molecule has 2 aromatic carbocycles. The maximum Gasteiger partial charge on any atom is 0.324 e. The van der Waals surface area contributed by atoms with E-state index in [1.54, 1.807) is 19.9 Å². The van der Waals surface area contributed by atoms with Gasteiger partial charge in [-0.25, -0.2) is 12.8 Å². The summed E-state index contributed by atoms with van der Waals surface area (Å²) in [4.78, 5) is 24.2. The molecule has 2 aromatic rings. The molecule has 0 saturated heterocycles. The third-order valence-corrected chi connectivity index (χ3v) is 5.84. The molecule has 1 aliphatic rings. The average molecular weight is 437 g/mol. The van der Waals surface area contributed by atoms with E-state index in [9.17, 15) is 22.4 Å². The Bertz CT molecular complexity index is 1070. The number of ketones is 1. The smallest absolute Gasteiger partial charge is 0.324 e. The maximum atomic E-state index is 13.9. The first kappa shape index (κ1) is 21.7. The summed E-state index contributed by atoms with van der Waals surface area (Å²) in [6.45, 7) is 2.65. The highest BCUT2D eigenvalue weighted by Crippen LogP contribution is 2.32. The van der Waals surface area contributed by atoms with E-state index in [1.807, 2.05) is 0 Å². The Morgan fingerprint density at radius 2 is 1.83 bits per heavy atom. The summed E-state index contributed by atoms with van der Waals surface area (Å²) in [5.41, 5.74) is 0.250. The zero-order valence-electron chi connectivity index (χ0n) is 16.3. The second kappa shape index (κ2) is 8.80. The zero-order chi connectivity index (χ0) is 21.9. The molecule has 30 heavy (non-hydrogen) atoms. The average Bonchev–Trinajstić information content (AvgIpc) is 3.18. The van der Waals surface area contributed by atoms with Crippen LogP contribution in [0.25, 0.3) is 0 Å². The topological polar surface area (TPSA) is 108 Å². The highest BCUT2D eigenvalue weighted by molar-refractivity contribution is 7.89. The summed E-state index contributed by atoms with van der Waals surface area (Å²) in [5.74, 6) is -1.99. The fraction of sp³-hybridized carbons (Fsp3) is 0.300. The number of ether oxygens (including phenoxy) is 3. The van der Waals surface area contributed by atoms with E-state index >= 15 is 0 Å². The number of nitrogens with one attached hydrogen (secondary N) is 1. The number of fused-ring (bicyclic) bond motifs is 1. The molecule has 1 atom stereocenters. The van der Waals surface area contributed by atoms with E-state index in [1.165, 1.54) is 24.3 Å². The first-order valence-corrected chi connectivity index (χ1v) is 10.5. The van der Waals surface area contributed by atoms with Crippen molar-refractivity contribution in [2.45, 2.75) is 24.8 Å². The first-order chi connectivity index (χ1) is 14.2. The SMILES string of the molecule is CC(C)C(NS(=O)(=O)c1ccccc1F)C(=O)OCC(=O)c1ccc2c(c1)OCO2. The van der Waals surface area contributed by atoms with Crippen molar-refractivity contribution < 1.29 is 36.6 Å². The second-order valence-corrected chi connectivity index (χ2v) is 8.55. The summed E-state index contributed by atoms with van der Waals surface area (Å²) >= 11 is 0. The Balaban J connectivity index is 1.67. The lowest BCUT2D eigenvalue weighted by atomic mass is 10.1. The minimum absolute atomic E-state index is 0.0557. The Morgan fingerprint density at radius 3 is 2.53 bits per heavy atom. The molecule has 0 saturated carbocycles. The summed E-state index contributed by atoms with van der Waals surface area (Å²) in [6, 6.07) is 8.04. The van der Waals surface area contributed by atoms with Crippen LogP contribution in [0, 0.1) is 11.7 Å². The third kappa shape index (κ3) is 4.77. The summed E-state index contributed by atoms with van der Waals surface area (Å²) in [6.07, 6.45) is 0. The van der Waals surface area contributed by atoms with Crippen molar-refractivity contribution in [3.63, 3.8) is 0 Å². The minimum Gasteiger partial charge on any atom is -0.456 e. The summed E-state index contributed by atoms with van der Waals surface area (Å²) < 4.78 is 56.4. The molecule has 1 heterocycles. The monoisotopic (exact) mass is 437 g/mol. The Hall–Kier alpha value is -2.98. The number of hydrogen-bond acceptors (Lipinski definition) is 7. The first-order valence-electron chi connectivity index (χ1n) is 9.05. The number of carbonyl (C=O) groups excluding carboxylic acids is 2. The molecule has 160 valence electrons. The van der Waals surface area contributed by atoms with Crippen molar-refractivity contribution in [3.05, 3.63) is 53.8 Å². The van der Waals surface area contributed by atoms with Crippen LogP contribution in [0.5, 0.6) is 11.5 Å². The zero-order valence-corrected chi connectivity index (χ0v) is 17.1.